The molecule has 0 aliphatic rings. The van der Waals surface area contributed by atoms with Crippen LogP contribution < -0.4 is 5.32 Å². The number of nitro groups is 1. The summed E-state index contributed by atoms with van der Waals surface area (Å²) >= 11 is 0. The van der Waals surface area contributed by atoms with Crippen LogP contribution >= 0.6 is 0 Å². The molecule has 2 N–H and O–H groups in total. The summed E-state index contributed by atoms with van der Waals surface area (Å²) in [6, 6.07) is 18.4. The average Bonchev–Trinajstić information content (AvgIpc) is 2.72. The number of aliphatic carboxylic acids is 1. The smallest absolute Gasteiger partial charge is 0.330 e. The fourth-order valence-electron chi connectivity index (χ4n) is 3.52. The van der Waals surface area contributed by atoms with Gasteiger partial charge in [0.05, 0.1) is 4.92 Å². The van der Waals surface area contributed by atoms with Crippen molar-refractivity contribution in [3.8, 4) is 0 Å². The zero-order valence-corrected chi connectivity index (χ0v) is 16.7. The highest BCUT2D eigenvalue weighted by Gasteiger charge is 2.43. The molecule has 7 nitrogen and oxygen atoms in total. The Hall–Kier alpha value is -3.74. The summed E-state index contributed by atoms with van der Waals surface area (Å²) in [6.45, 7) is 3.45. The van der Waals surface area contributed by atoms with Crippen LogP contribution in [0.3, 0.4) is 0 Å². The van der Waals surface area contributed by atoms with Gasteiger partial charge in [0.25, 0.3) is 11.6 Å². The number of rotatable bonds is 7. The Morgan fingerprint density at radius 3 is 2.27 bits per heavy atom. The third-order valence-corrected chi connectivity index (χ3v) is 5.37. The monoisotopic (exact) mass is 406 g/mol. The van der Waals surface area contributed by atoms with Crippen molar-refractivity contribution in [2.24, 2.45) is 5.92 Å². The van der Waals surface area contributed by atoms with Gasteiger partial charge in [-0.15, -0.1) is 0 Å². The van der Waals surface area contributed by atoms with Gasteiger partial charge in [0.15, 0.2) is 0 Å². The molecule has 0 fully saturated rings. The lowest BCUT2D eigenvalue weighted by atomic mass is 9.80. The van der Waals surface area contributed by atoms with Crippen LogP contribution in [0.15, 0.2) is 66.7 Å². The van der Waals surface area contributed by atoms with E-state index in [1.165, 1.54) is 24.3 Å². The highest BCUT2D eigenvalue weighted by Crippen LogP contribution is 2.26. The lowest BCUT2D eigenvalue weighted by Crippen LogP contribution is -2.59. The molecule has 3 aromatic carbocycles. The van der Waals surface area contributed by atoms with Crippen molar-refractivity contribution in [1.82, 2.24) is 5.32 Å². The minimum atomic E-state index is -1.58. The standard InChI is InChI=1S/C23H22N2O5/c1-15(2)23(22(27)28,14-16-10-12-18(13-11-16)25(29)30)24-21(26)20-9-5-7-17-6-3-4-8-19(17)20/h3-13,15H,14H2,1-2H3,(H,24,26)(H,27,28). The number of carboxylic acids is 1. The number of carbonyl (C=O) groups excluding carboxylic acids is 1. The van der Waals surface area contributed by atoms with Gasteiger partial charge in [-0.05, 0) is 28.3 Å². The summed E-state index contributed by atoms with van der Waals surface area (Å²) in [6.07, 6.45) is -0.00546. The molecule has 0 spiro atoms. The molecule has 0 saturated carbocycles. The molecule has 0 aliphatic carbocycles. The van der Waals surface area contributed by atoms with Crippen LogP contribution in [0.4, 0.5) is 5.69 Å². The Morgan fingerprint density at radius 2 is 1.67 bits per heavy atom. The van der Waals surface area contributed by atoms with Gasteiger partial charge in [-0.25, -0.2) is 4.79 Å². The Bertz CT molecular complexity index is 1100. The van der Waals surface area contributed by atoms with Crippen molar-refractivity contribution in [3.63, 3.8) is 0 Å². The summed E-state index contributed by atoms with van der Waals surface area (Å²) in [5, 5.41) is 25.3. The van der Waals surface area contributed by atoms with Gasteiger partial charge in [0, 0.05) is 24.1 Å². The topological polar surface area (TPSA) is 110 Å². The van der Waals surface area contributed by atoms with Crippen molar-refractivity contribution in [2.75, 3.05) is 0 Å². The van der Waals surface area contributed by atoms with Crippen LogP contribution in [-0.2, 0) is 11.2 Å². The lowest BCUT2D eigenvalue weighted by molar-refractivity contribution is -0.384. The Balaban J connectivity index is 1.98. The zero-order valence-electron chi connectivity index (χ0n) is 16.7. The Kier molecular flexibility index (Phi) is 5.82. The SMILES string of the molecule is CC(C)C(Cc1ccc([N+](=O)[O-])cc1)(NC(=O)c1cccc2ccccc12)C(=O)O. The van der Waals surface area contributed by atoms with Gasteiger partial charge in [-0.1, -0.05) is 62.4 Å². The summed E-state index contributed by atoms with van der Waals surface area (Å²) in [5.41, 5.74) is -0.688. The number of fused-ring (bicyclic) bond motifs is 1. The predicted molar refractivity (Wildman–Crippen MR) is 113 cm³/mol. The molecule has 0 radical (unpaired) electrons. The molecule has 1 atom stereocenters. The Morgan fingerprint density at radius 1 is 1.03 bits per heavy atom. The van der Waals surface area contributed by atoms with E-state index in [4.69, 9.17) is 0 Å². The second kappa shape index (κ2) is 8.32. The van der Waals surface area contributed by atoms with E-state index in [0.29, 0.717) is 11.1 Å². The minimum absolute atomic E-state index is 0.00546. The van der Waals surface area contributed by atoms with E-state index in [-0.39, 0.29) is 12.1 Å². The number of hydrogen-bond donors (Lipinski definition) is 2. The first-order chi connectivity index (χ1) is 14.2. The molecule has 0 saturated heterocycles. The van der Waals surface area contributed by atoms with Gasteiger partial charge >= 0.3 is 5.97 Å². The summed E-state index contributed by atoms with van der Waals surface area (Å²) in [7, 11) is 0. The predicted octanol–water partition coefficient (Wildman–Crippen LogP) is 4.20. The van der Waals surface area contributed by atoms with Crippen molar-refractivity contribution < 1.29 is 19.6 Å². The number of nitrogens with zero attached hydrogens (tertiary/aromatic N) is 1. The number of non-ortho nitro benzene ring substituents is 1. The van der Waals surface area contributed by atoms with Gasteiger partial charge in [-0.2, -0.15) is 0 Å². The van der Waals surface area contributed by atoms with E-state index < -0.39 is 28.3 Å². The van der Waals surface area contributed by atoms with E-state index >= 15 is 0 Å². The number of nitrogens with one attached hydrogen (secondary N) is 1. The summed E-state index contributed by atoms with van der Waals surface area (Å²) < 4.78 is 0. The fraction of sp³-hybridized carbons (Fsp3) is 0.217. The first-order valence-corrected chi connectivity index (χ1v) is 9.51. The van der Waals surface area contributed by atoms with Crippen molar-refractivity contribution in [3.05, 3.63) is 88.0 Å². The molecule has 0 aromatic heterocycles. The van der Waals surface area contributed by atoms with Crippen LogP contribution in [0.25, 0.3) is 10.8 Å². The molecular weight excluding hydrogens is 384 g/mol. The fourth-order valence-corrected chi connectivity index (χ4v) is 3.52. The maximum Gasteiger partial charge on any atom is 0.330 e. The molecule has 0 heterocycles. The second-order valence-electron chi connectivity index (χ2n) is 7.51. The number of amides is 1. The zero-order chi connectivity index (χ0) is 21.9. The first kappa shape index (κ1) is 21.0. The molecule has 1 unspecified atom stereocenters. The molecule has 0 aliphatic heterocycles. The van der Waals surface area contributed by atoms with Gasteiger partial charge in [-0.3, -0.25) is 14.9 Å². The number of hydrogen-bond acceptors (Lipinski definition) is 4. The van der Waals surface area contributed by atoms with Gasteiger partial charge < -0.3 is 10.4 Å². The maximum absolute atomic E-state index is 13.2. The molecule has 30 heavy (non-hydrogen) atoms. The normalized spacial score (nSPS) is 13.0. The highest BCUT2D eigenvalue weighted by atomic mass is 16.6. The van der Waals surface area contributed by atoms with Crippen LogP contribution in [-0.4, -0.2) is 27.4 Å². The minimum Gasteiger partial charge on any atom is -0.479 e. The van der Waals surface area contributed by atoms with Crippen LogP contribution in [0.5, 0.6) is 0 Å². The average molecular weight is 406 g/mol. The number of carbonyl (C=O) groups is 2. The number of carboxylic acid groups (broad SMARTS) is 1. The summed E-state index contributed by atoms with van der Waals surface area (Å²) in [5.74, 6) is -2.08. The third kappa shape index (κ3) is 4.00. The van der Waals surface area contributed by atoms with E-state index in [2.05, 4.69) is 5.32 Å². The molecule has 1 amide bonds. The van der Waals surface area contributed by atoms with Gasteiger partial charge in [0.2, 0.25) is 0 Å². The second-order valence-corrected chi connectivity index (χ2v) is 7.51. The van der Waals surface area contributed by atoms with Gasteiger partial charge in [0.1, 0.15) is 5.54 Å². The van der Waals surface area contributed by atoms with Crippen molar-refractivity contribution >= 4 is 28.3 Å². The summed E-state index contributed by atoms with van der Waals surface area (Å²) in [4.78, 5) is 35.9. The lowest BCUT2D eigenvalue weighted by Gasteiger charge is -2.34. The molecule has 7 heteroatoms. The maximum atomic E-state index is 13.2. The Labute approximate surface area is 173 Å². The van der Waals surface area contributed by atoms with E-state index in [9.17, 15) is 24.8 Å². The third-order valence-electron chi connectivity index (χ3n) is 5.37. The first-order valence-electron chi connectivity index (χ1n) is 9.51. The molecule has 154 valence electrons. The quantitative estimate of drug-likeness (QED) is 0.451. The van der Waals surface area contributed by atoms with Crippen molar-refractivity contribution in [2.45, 2.75) is 25.8 Å². The van der Waals surface area contributed by atoms with Crippen molar-refractivity contribution in [1.29, 1.82) is 0 Å². The largest absolute Gasteiger partial charge is 0.479 e. The van der Waals surface area contributed by atoms with E-state index in [0.717, 1.165) is 10.8 Å². The van der Waals surface area contributed by atoms with E-state index in [1.807, 2.05) is 30.3 Å². The van der Waals surface area contributed by atoms with E-state index in [1.54, 1.807) is 26.0 Å². The molecule has 3 rings (SSSR count). The van der Waals surface area contributed by atoms with Crippen LogP contribution in [0, 0.1) is 16.0 Å². The van der Waals surface area contributed by atoms with Crippen LogP contribution in [0.2, 0.25) is 0 Å². The number of nitro benzene ring substituents is 1. The number of benzene rings is 3. The van der Waals surface area contributed by atoms with Crippen LogP contribution in [0.1, 0.15) is 29.8 Å². The highest BCUT2D eigenvalue weighted by molar-refractivity contribution is 6.08. The molecular formula is C23H22N2O5. The molecule has 0 bridgehead atoms. The molecule has 3 aromatic rings.